The van der Waals surface area contributed by atoms with Gasteiger partial charge >= 0.3 is 0 Å². The molecule has 0 radical (unpaired) electrons. The fraction of sp³-hybridized carbons (Fsp3) is 0.714. The highest BCUT2D eigenvalue weighted by Crippen LogP contribution is 2.40. The molecule has 8 heteroatoms. The molecule has 1 aliphatic carbocycles. The minimum Gasteiger partial charge on any atom is -0.408 e. The number of hydrogen-bond acceptors (Lipinski definition) is 5. The summed E-state index contributed by atoms with van der Waals surface area (Å²) in [5.74, 6) is 0. The Morgan fingerprint density at radius 1 is 1.17 bits per heavy atom. The lowest BCUT2D eigenvalue weighted by Crippen LogP contribution is -2.43. The molecular weight excluding hydrogens is 411 g/mol. The maximum Gasteiger partial charge on any atom is 0.264 e. The second-order valence-corrected chi connectivity index (χ2v) is 15.8. The van der Waals surface area contributed by atoms with Crippen LogP contribution in [0.2, 0.25) is 18.1 Å². The van der Waals surface area contributed by atoms with Crippen molar-refractivity contribution < 1.29 is 26.2 Å². The zero-order chi connectivity index (χ0) is 21.9. The first-order chi connectivity index (χ1) is 13.3. The topological polar surface area (TPSA) is 61.8 Å². The van der Waals surface area contributed by atoms with E-state index in [1.165, 1.54) is 0 Å². The second kappa shape index (κ2) is 9.56. The highest BCUT2D eigenvalue weighted by Gasteiger charge is 2.40. The Bertz CT molecular complexity index is 748. The van der Waals surface area contributed by atoms with Crippen molar-refractivity contribution >= 4 is 18.4 Å². The molecule has 0 heterocycles. The van der Waals surface area contributed by atoms with Crippen LogP contribution in [0.5, 0.6) is 0 Å². The maximum absolute atomic E-state index is 14.6. The van der Waals surface area contributed by atoms with E-state index in [1.807, 2.05) is 30.3 Å². The largest absolute Gasteiger partial charge is 0.408 e. The lowest BCUT2D eigenvalue weighted by atomic mass is 9.93. The van der Waals surface area contributed by atoms with Crippen molar-refractivity contribution in [2.75, 3.05) is 12.9 Å². The van der Waals surface area contributed by atoms with Crippen LogP contribution in [0.15, 0.2) is 30.3 Å². The molecule has 5 nitrogen and oxygen atoms in total. The minimum atomic E-state index is -3.58. The Hall–Kier alpha value is -0.803. The molecule has 1 aromatic carbocycles. The van der Waals surface area contributed by atoms with E-state index < -0.39 is 36.8 Å². The first-order valence-electron chi connectivity index (χ1n) is 10.2. The third-order valence-corrected chi connectivity index (χ3v) is 11.0. The van der Waals surface area contributed by atoms with E-state index in [9.17, 15) is 12.8 Å². The molecule has 0 aromatic heterocycles. The van der Waals surface area contributed by atoms with Gasteiger partial charge in [0.25, 0.3) is 10.1 Å². The van der Waals surface area contributed by atoms with Gasteiger partial charge < -0.3 is 9.16 Å². The number of halogens is 1. The van der Waals surface area contributed by atoms with Gasteiger partial charge in [-0.25, -0.2) is 4.39 Å². The predicted molar refractivity (Wildman–Crippen MR) is 116 cm³/mol. The number of alkyl halides is 1. The molecule has 0 saturated heterocycles. The Kier molecular flexibility index (Phi) is 8.06. The Morgan fingerprint density at radius 3 is 2.31 bits per heavy atom. The molecule has 0 aliphatic heterocycles. The fourth-order valence-electron chi connectivity index (χ4n) is 3.18. The van der Waals surface area contributed by atoms with Crippen LogP contribution in [0.25, 0.3) is 0 Å². The molecule has 4 atom stereocenters. The summed E-state index contributed by atoms with van der Waals surface area (Å²) < 4.78 is 54.7. The first-order valence-corrected chi connectivity index (χ1v) is 14.9. The van der Waals surface area contributed by atoms with Crippen molar-refractivity contribution in [1.82, 2.24) is 0 Å². The molecule has 1 aromatic rings. The van der Waals surface area contributed by atoms with E-state index in [-0.39, 0.29) is 24.2 Å². The summed E-state index contributed by atoms with van der Waals surface area (Å²) in [4.78, 5) is 0. The van der Waals surface area contributed by atoms with E-state index in [4.69, 9.17) is 13.3 Å². The maximum atomic E-state index is 14.6. The monoisotopic (exact) mass is 446 g/mol. The third-order valence-electron chi connectivity index (χ3n) is 5.85. The highest BCUT2D eigenvalue weighted by atomic mass is 32.2. The van der Waals surface area contributed by atoms with Crippen LogP contribution >= 0.6 is 0 Å². The van der Waals surface area contributed by atoms with Crippen molar-refractivity contribution in [3.05, 3.63) is 35.9 Å². The molecule has 1 aliphatic rings. The van der Waals surface area contributed by atoms with Crippen LogP contribution in [0.1, 0.15) is 51.7 Å². The van der Waals surface area contributed by atoms with Crippen LogP contribution in [0.4, 0.5) is 4.39 Å². The van der Waals surface area contributed by atoms with Gasteiger partial charge in [-0.15, -0.1) is 0 Å². The molecular formula is C21H35FO5SSi. The van der Waals surface area contributed by atoms with E-state index in [0.29, 0.717) is 12.8 Å². The lowest BCUT2D eigenvalue weighted by molar-refractivity contribution is -0.0721. The molecule has 1 fully saturated rings. The molecule has 0 N–H and O–H groups in total. The zero-order valence-corrected chi connectivity index (χ0v) is 20.2. The van der Waals surface area contributed by atoms with Crippen LogP contribution in [-0.4, -0.2) is 48.0 Å². The molecule has 166 valence electrons. The molecule has 1 unspecified atom stereocenters. The normalized spacial score (nSPS) is 25.0. The average Bonchev–Trinajstić information content (AvgIpc) is 2.58. The molecule has 0 amide bonds. The minimum absolute atomic E-state index is 0.0246. The summed E-state index contributed by atoms with van der Waals surface area (Å²) in [6.07, 6.45) is -0.839. The summed E-state index contributed by atoms with van der Waals surface area (Å²) in [5.41, 5.74) is 1.02. The number of benzene rings is 1. The summed E-state index contributed by atoms with van der Waals surface area (Å²) in [6.45, 7) is 11.2. The van der Waals surface area contributed by atoms with Gasteiger partial charge in [0.15, 0.2) is 8.32 Å². The molecule has 29 heavy (non-hydrogen) atoms. The summed E-state index contributed by atoms with van der Waals surface area (Å²) >= 11 is 0. The number of ether oxygens (including phenoxy) is 1. The molecule has 1 saturated carbocycles. The zero-order valence-electron chi connectivity index (χ0n) is 18.4. The van der Waals surface area contributed by atoms with E-state index in [2.05, 4.69) is 33.9 Å². The van der Waals surface area contributed by atoms with Crippen LogP contribution in [0.3, 0.4) is 0 Å². The van der Waals surface area contributed by atoms with E-state index in [0.717, 1.165) is 11.8 Å². The third kappa shape index (κ3) is 7.43. The van der Waals surface area contributed by atoms with Crippen molar-refractivity contribution in [2.24, 2.45) is 0 Å². The van der Waals surface area contributed by atoms with E-state index >= 15 is 0 Å². The molecule has 0 spiro atoms. The van der Waals surface area contributed by atoms with Crippen LogP contribution in [-0.2, 0) is 23.5 Å². The van der Waals surface area contributed by atoms with Gasteiger partial charge in [0.1, 0.15) is 6.17 Å². The molecule has 0 bridgehead atoms. The number of hydrogen-bond donors (Lipinski definition) is 0. The Morgan fingerprint density at radius 2 is 1.79 bits per heavy atom. The van der Waals surface area contributed by atoms with Gasteiger partial charge in [-0.1, -0.05) is 51.1 Å². The Balaban J connectivity index is 2.03. The standard InChI is InChI=1S/C21H35FO5SSi/c1-21(2,3)29(5,6)27-20(16-10-8-7-9-11-16)15-25-19-13-12-17(14-18(19)22)26-28(4,23)24/h7-11,17-20H,12-15H2,1-6H3/t17-,18+,19+,20?/m1/s1. The average molecular weight is 447 g/mol. The van der Waals surface area contributed by atoms with Crippen molar-refractivity contribution in [1.29, 1.82) is 0 Å². The molecule has 2 rings (SSSR count). The highest BCUT2D eigenvalue weighted by molar-refractivity contribution is 7.86. The van der Waals surface area contributed by atoms with Gasteiger partial charge in [-0.3, -0.25) is 4.18 Å². The first kappa shape index (κ1) is 24.5. The van der Waals surface area contributed by atoms with Crippen molar-refractivity contribution in [3.63, 3.8) is 0 Å². The smallest absolute Gasteiger partial charge is 0.264 e. The van der Waals surface area contributed by atoms with E-state index in [1.54, 1.807) is 0 Å². The fourth-order valence-corrected chi connectivity index (χ4v) is 5.12. The van der Waals surface area contributed by atoms with Crippen molar-refractivity contribution in [3.8, 4) is 0 Å². The lowest BCUT2D eigenvalue weighted by Gasteiger charge is -2.40. The van der Waals surface area contributed by atoms with Gasteiger partial charge in [0, 0.05) is 6.42 Å². The van der Waals surface area contributed by atoms with Crippen LogP contribution < -0.4 is 0 Å². The quantitative estimate of drug-likeness (QED) is 0.415. The SMILES string of the molecule is CC(C)(C)[Si](C)(C)OC(CO[C@H]1CC[C@@H](OS(C)(=O)=O)C[C@@H]1F)c1ccccc1. The van der Waals surface area contributed by atoms with Gasteiger partial charge in [-0.2, -0.15) is 8.42 Å². The predicted octanol–water partition coefficient (Wildman–Crippen LogP) is 5.00. The summed E-state index contributed by atoms with van der Waals surface area (Å²) in [5, 5.41) is 0.0453. The number of rotatable bonds is 8. The van der Waals surface area contributed by atoms with Crippen LogP contribution in [0, 0.1) is 0 Å². The summed E-state index contributed by atoms with van der Waals surface area (Å²) in [6, 6.07) is 9.89. The van der Waals surface area contributed by atoms with Gasteiger partial charge in [0.2, 0.25) is 0 Å². The van der Waals surface area contributed by atoms with Crippen molar-refractivity contribution in [2.45, 2.75) is 82.6 Å². The summed E-state index contributed by atoms with van der Waals surface area (Å²) in [7, 11) is -5.64. The Labute approximate surface area is 176 Å². The van der Waals surface area contributed by atoms with Gasteiger partial charge in [-0.05, 0) is 36.5 Å². The van der Waals surface area contributed by atoms with Gasteiger partial charge in [0.05, 0.1) is 31.2 Å². The second-order valence-electron chi connectivity index (χ2n) is 9.40.